The predicted octanol–water partition coefficient (Wildman–Crippen LogP) is -0.433. The van der Waals surface area contributed by atoms with Crippen LogP contribution in [0.1, 0.15) is 0 Å². The van der Waals surface area contributed by atoms with Crippen LogP contribution >= 0.6 is 11.8 Å². The van der Waals surface area contributed by atoms with Crippen molar-refractivity contribution >= 4 is 17.7 Å². The van der Waals surface area contributed by atoms with Crippen LogP contribution in [0.3, 0.4) is 0 Å². The molecule has 0 aliphatic carbocycles. The maximum Gasteiger partial charge on any atom is 0.345 e. The van der Waals surface area contributed by atoms with Crippen LogP contribution in [-0.4, -0.2) is 35.7 Å². The molecule has 0 spiro atoms. The molecule has 1 aliphatic heterocycles. The van der Waals surface area contributed by atoms with Gasteiger partial charge in [0.05, 0.1) is 7.11 Å². The van der Waals surface area contributed by atoms with E-state index in [1.165, 1.54) is 18.9 Å². The molecule has 1 heterocycles. The highest BCUT2D eigenvalue weighted by Gasteiger charge is 2.30. The number of ether oxygens (including phenoxy) is 2. The summed E-state index contributed by atoms with van der Waals surface area (Å²) in [7, 11) is 1.29. The van der Waals surface area contributed by atoms with Gasteiger partial charge in [-0.15, -0.1) is 11.8 Å². The van der Waals surface area contributed by atoms with Crippen LogP contribution in [0.4, 0.5) is 0 Å². The van der Waals surface area contributed by atoms with Gasteiger partial charge in [0.2, 0.25) is 5.44 Å². The smallest absolute Gasteiger partial charge is 0.345 e. The third kappa shape index (κ3) is 1.62. The number of methoxy groups -OCH3 is 1. The quantitative estimate of drug-likeness (QED) is 0.533. The Balaban J connectivity index is 2.37. The first kappa shape index (κ1) is 7.84. The molecular formula is C5H8O4S. The molecule has 10 heavy (non-hydrogen) atoms. The molecule has 0 aromatic rings. The van der Waals surface area contributed by atoms with Crippen LogP contribution in [0.5, 0.6) is 0 Å². The van der Waals surface area contributed by atoms with Crippen molar-refractivity contribution in [1.29, 1.82) is 0 Å². The van der Waals surface area contributed by atoms with Gasteiger partial charge in [0.25, 0.3) is 0 Å². The topological polar surface area (TPSA) is 55.8 Å². The van der Waals surface area contributed by atoms with Crippen LogP contribution in [-0.2, 0) is 14.3 Å². The van der Waals surface area contributed by atoms with E-state index < -0.39 is 17.7 Å². The van der Waals surface area contributed by atoms with Crippen LogP contribution in [0.15, 0.2) is 0 Å². The minimum absolute atomic E-state index is 0.430. The van der Waals surface area contributed by atoms with Gasteiger partial charge in [-0.2, -0.15) is 0 Å². The zero-order chi connectivity index (χ0) is 7.56. The van der Waals surface area contributed by atoms with E-state index in [1.54, 1.807) is 0 Å². The Morgan fingerprint density at radius 2 is 2.60 bits per heavy atom. The molecular weight excluding hydrogens is 156 g/mol. The maximum absolute atomic E-state index is 10.7. The van der Waals surface area contributed by atoms with E-state index in [4.69, 9.17) is 9.84 Å². The van der Waals surface area contributed by atoms with Gasteiger partial charge >= 0.3 is 5.97 Å². The highest BCUT2D eigenvalue weighted by molar-refractivity contribution is 8.00. The number of hydrogen-bond donors (Lipinski definition) is 1. The lowest BCUT2D eigenvalue weighted by Gasteiger charge is -2.05. The molecule has 0 aromatic heterocycles. The molecule has 58 valence electrons. The molecule has 1 fully saturated rings. The Morgan fingerprint density at radius 3 is 3.00 bits per heavy atom. The number of esters is 1. The summed E-state index contributed by atoms with van der Waals surface area (Å²) >= 11 is 1.24. The second kappa shape index (κ2) is 3.23. The van der Waals surface area contributed by atoms with Crippen LogP contribution in [0.2, 0.25) is 0 Å². The fraction of sp³-hybridized carbons (Fsp3) is 0.800. The van der Waals surface area contributed by atoms with Crippen molar-refractivity contribution in [3.8, 4) is 0 Å². The highest BCUT2D eigenvalue weighted by Crippen LogP contribution is 2.24. The lowest BCUT2D eigenvalue weighted by molar-refractivity contribution is -0.158. The molecule has 0 amide bonds. The van der Waals surface area contributed by atoms with Gasteiger partial charge < -0.3 is 14.6 Å². The van der Waals surface area contributed by atoms with E-state index in [0.29, 0.717) is 5.75 Å². The van der Waals surface area contributed by atoms with Gasteiger partial charge in [-0.1, -0.05) is 0 Å². The van der Waals surface area contributed by atoms with Crippen molar-refractivity contribution in [3.05, 3.63) is 0 Å². The molecule has 0 radical (unpaired) electrons. The molecule has 0 aromatic carbocycles. The SMILES string of the molecule is COC(=O)C1OC(O)CS1. The summed E-state index contributed by atoms with van der Waals surface area (Å²) in [6, 6.07) is 0. The lowest BCUT2D eigenvalue weighted by Crippen LogP contribution is -2.20. The Labute approximate surface area is 62.5 Å². The summed E-state index contributed by atoms with van der Waals surface area (Å²) in [5.74, 6) is -0.0127. The zero-order valence-corrected chi connectivity index (χ0v) is 6.26. The van der Waals surface area contributed by atoms with Crippen molar-refractivity contribution in [2.24, 2.45) is 0 Å². The standard InChI is InChI=1S/C5H8O4S/c1-8-4(7)5-9-3(6)2-10-5/h3,5-6H,2H2,1H3. The first-order valence-electron chi connectivity index (χ1n) is 2.77. The molecule has 0 saturated carbocycles. The Bertz CT molecular complexity index is 138. The van der Waals surface area contributed by atoms with Gasteiger partial charge in [0.15, 0.2) is 6.29 Å². The summed E-state index contributed by atoms with van der Waals surface area (Å²) in [5.41, 5.74) is -0.639. The monoisotopic (exact) mass is 164 g/mol. The van der Waals surface area contributed by atoms with Gasteiger partial charge in [-0.25, -0.2) is 4.79 Å². The van der Waals surface area contributed by atoms with Crippen molar-refractivity contribution in [1.82, 2.24) is 0 Å². The number of aliphatic hydroxyl groups is 1. The average Bonchev–Trinajstić information content (AvgIpc) is 2.34. The third-order valence-corrected chi connectivity index (χ3v) is 2.15. The minimum atomic E-state index is -0.825. The van der Waals surface area contributed by atoms with Crippen molar-refractivity contribution in [2.45, 2.75) is 11.7 Å². The summed E-state index contributed by atoms with van der Waals surface area (Å²) in [4.78, 5) is 10.7. The average molecular weight is 164 g/mol. The molecule has 4 nitrogen and oxygen atoms in total. The van der Waals surface area contributed by atoms with Crippen LogP contribution in [0.25, 0.3) is 0 Å². The molecule has 2 atom stereocenters. The number of carbonyl (C=O) groups is 1. The first-order valence-corrected chi connectivity index (χ1v) is 3.82. The van der Waals surface area contributed by atoms with Crippen LogP contribution < -0.4 is 0 Å². The minimum Gasteiger partial charge on any atom is -0.466 e. The van der Waals surface area contributed by atoms with Crippen LogP contribution in [0, 0.1) is 0 Å². The second-order valence-electron chi connectivity index (χ2n) is 1.78. The molecule has 1 N–H and O–H groups in total. The van der Waals surface area contributed by atoms with Crippen molar-refractivity contribution in [2.75, 3.05) is 12.9 Å². The Hall–Kier alpha value is -0.260. The molecule has 5 heteroatoms. The molecule has 1 saturated heterocycles. The second-order valence-corrected chi connectivity index (χ2v) is 2.87. The van der Waals surface area contributed by atoms with E-state index in [-0.39, 0.29) is 0 Å². The van der Waals surface area contributed by atoms with E-state index in [2.05, 4.69) is 4.74 Å². The predicted molar refractivity (Wildman–Crippen MR) is 35.4 cm³/mol. The van der Waals surface area contributed by atoms with E-state index in [0.717, 1.165) is 0 Å². The largest absolute Gasteiger partial charge is 0.466 e. The van der Waals surface area contributed by atoms with Crippen molar-refractivity contribution < 1.29 is 19.4 Å². The fourth-order valence-corrected chi connectivity index (χ4v) is 1.47. The zero-order valence-electron chi connectivity index (χ0n) is 5.44. The number of carbonyl (C=O) groups excluding carboxylic acids is 1. The molecule has 0 bridgehead atoms. The Morgan fingerprint density at radius 1 is 1.90 bits per heavy atom. The summed E-state index contributed by atoms with van der Waals surface area (Å²) in [5, 5.41) is 8.79. The lowest BCUT2D eigenvalue weighted by atomic mass is 10.7. The van der Waals surface area contributed by atoms with E-state index >= 15 is 0 Å². The third-order valence-electron chi connectivity index (χ3n) is 1.06. The van der Waals surface area contributed by atoms with Gasteiger partial charge in [0, 0.05) is 5.75 Å². The number of thioether (sulfide) groups is 1. The number of aliphatic hydroxyl groups excluding tert-OH is 1. The van der Waals surface area contributed by atoms with E-state index in [9.17, 15) is 4.79 Å². The van der Waals surface area contributed by atoms with Gasteiger partial charge in [0.1, 0.15) is 0 Å². The Kier molecular flexibility index (Phi) is 2.53. The molecule has 1 rings (SSSR count). The van der Waals surface area contributed by atoms with Gasteiger partial charge in [-0.3, -0.25) is 0 Å². The van der Waals surface area contributed by atoms with Gasteiger partial charge in [-0.05, 0) is 0 Å². The molecule has 2 unspecified atom stereocenters. The highest BCUT2D eigenvalue weighted by atomic mass is 32.2. The molecule has 1 aliphatic rings. The first-order chi connectivity index (χ1) is 4.74. The number of hydrogen-bond acceptors (Lipinski definition) is 5. The maximum atomic E-state index is 10.7. The summed E-state index contributed by atoms with van der Waals surface area (Å²) in [6.07, 6.45) is -0.825. The summed E-state index contributed by atoms with van der Waals surface area (Å²) in [6.45, 7) is 0. The number of rotatable bonds is 1. The van der Waals surface area contributed by atoms with E-state index in [1.807, 2.05) is 0 Å². The normalized spacial score (nSPS) is 32.2. The van der Waals surface area contributed by atoms with Crippen molar-refractivity contribution in [3.63, 3.8) is 0 Å². The summed E-state index contributed by atoms with van der Waals surface area (Å²) < 4.78 is 9.14. The fourth-order valence-electron chi connectivity index (χ4n) is 0.611.